The number of carbonyl (C=O) groups is 1. The summed E-state index contributed by atoms with van der Waals surface area (Å²) < 4.78 is 29.9. The van der Waals surface area contributed by atoms with E-state index < -0.39 is 27.0 Å². The number of hydrogen-bond donors (Lipinski definition) is 2. The number of benzene rings is 2. The molecule has 0 bridgehead atoms. The maximum absolute atomic E-state index is 12.3. The van der Waals surface area contributed by atoms with Gasteiger partial charge in [0.2, 0.25) is 15.3 Å². The summed E-state index contributed by atoms with van der Waals surface area (Å²) in [5, 5.41) is 18.4. The first-order valence-electron chi connectivity index (χ1n) is 6.34. The molecule has 0 aliphatic heterocycles. The zero-order valence-corrected chi connectivity index (χ0v) is 12.4. The molecule has 0 radical (unpaired) electrons. The molecule has 6 nitrogen and oxygen atoms in total. The highest BCUT2D eigenvalue weighted by Gasteiger charge is 2.25. The van der Waals surface area contributed by atoms with Gasteiger partial charge in [-0.25, -0.2) is 13.2 Å². The summed E-state index contributed by atoms with van der Waals surface area (Å²) in [6.45, 7) is 1.37. The molecule has 0 aliphatic carbocycles. The van der Waals surface area contributed by atoms with Crippen molar-refractivity contribution in [3.63, 3.8) is 0 Å². The first-order chi connectivity index (χ1) is 10.3. The zero-order chi connectivity index (χ0) is 16.3. The van der Waals surface area contributed by atoms with Gasteiger partial charge in [0, 0.05) is 6.07 Å². The van der Waals surface area contributed by atoms with Crippen LogP contribution in [-0.4, -0.2) is 30.0 Å². The first-order valence-corrected chi connectivity index (χ1v) is 7.89. The molecule has 0 saturated heterocycles. The van der Waals surface area contributed by atoms with Gasteiger partial charge < -0.3 is 14.9 Å². The van der Waals surface area contributed by atoms with Crippen LogP contribution >= 0.6 is 0 Å². The summed E-state index contributed by atoms with van der Waals surface area (Å²) in [5.41, 5.74) is -1.48. The molecule has 0 fully saturated rings. The van der Waals surface area contributed by atoms with Gasteiger partial charge in [0.15, 0.2) is 0 Å². The van der Waals surface area contributed by atoms with E-state index >= 15 is 0 Å². The van der Waals surface area contributed by atoms with Crippen molar-refractivity contribution >= 4 is 15.8 Å². The summed E-state index contributed by atoms with van der Waals surface area (Å²) in [4.78, 5) is 10.9. The highest BCUT2D eigenvalue weighted by molar-refractivity contribution is 7.91. The monoisotopic (exact) mass is 322 g/mol. The van der Waals surface area contributed by atoms with Crippen molar-refractivity contribution in [1.82, 2.24) is 0 Å². The van der Waals surface area contributed by atoms with Crippen LogP contribution in [0.25, 0.3) is 0 Å². The highest BCUT2D eigenvalue weighted by atomic mass is 32.2. The normalized spacial score (nSPS) is 12.6. The lowest BCUT2D eigenvalue weighted by Crippen LogP contribution is -2.24. The summed E-state index contributed by atoms with van der Waals surface area (Å²) in [6.07, 6.45) is 0. The Morgan fingerprint density at radius 2 is 1.77 bits per heavy atom. The number of hydrogen-bond acceptors (Lipinski definition) is 5. The second kappa shape index (κ2) is 6.07. The average molecular weight is 322 g/mol. The fraction of sp³-hybridized carbons (Fsp3) is 0.133. The van der Waals surface area contributed by atoms with E-state index in [9.17, 15) is 18.3 Å². The molecule has 0 saturated carbocycles. The van der Waals surface area contributed by atoms with Crippen LogP contribution in [0, 0.1) is 0 Å². The van der Waals surface area contributed by atoms with Crippen LogP contribution in [0.3, 0.4) is 0 Å². The molecule has 7 heteroatoms. The number of rotatable bonds is 5. The lowest BCUT2D eigenvalue weighted by atomic mass is 10.2. The Labute approximate surface area is 127 Å². The maximum atomic E-state index is 12.3. The largest absolute Gasteiger partial charge is 0.507 e. The Balaban J connectivity index is 2.24. The van der Waals surface area contributed by atoms with E-state index in [0.717, 1.165) is 12.1 Å². The number of ether oxygens (including phenoxy) is 1. The van der Waals surface area contributed by atoms with Crippen molar-refractivity contribution in [1.29, 1.82) is 0 Å². The molecule has 22 heavy (non-hydrogen) atoms. The predicted molar refractivity (Wildman–Crippen MR) is 78.8 cm³/mol. The average Bonchev–Trinajstić information content (AvgIpc) is 2.47. The summed E-state index contributed by atoms with van der Waals surface area (Å²) in [6, 6.07) is 11.3. The van der Waals surface area contributed by atoms with Crippen LogP contribution < -0.4 is 4.74 Å². The maximum Gasteiger partial charge on any atom is 0.339 e. The number of carboxylic acid groups (broad SMARTS) is 1. The van der Waals surface area contributed by atoms with E-state index in [1.165, 1.54) is 25.1 Å². The smallest absolute Gasteiger partial charge is 0.339 e. The minimum Gasteiger partial charge on any atom is -0.507 e. The number of carboxylic acids is 1. The second-order valence-corrected chi connectivity index (χ2v) is 6.75. The van der Waals surface area contributed by atoms with Crippen molar-refractivity contribution in [2.75, 3.05) is 0 Å². The van der Waals surface area contributed by atoms with Crippen LogP contribution in [0.5, 0.6) is 11.5 Å². The number of sulfone groups is 1. The van der Waals surface area contributed by atoms with Gasteiger partial charge >= 0.3 is 5.97 Å². The lowest BCUT2D eigenvalue weighted by Gasteiger charge is -2.16. The predicted octanol–water partition coefficient (Wildman–Crippen LogP) is 2.29. The van der Waals surface area contributed by atoms with Crippen LogP contribution in [-0.2, 0) is 9.84 Å². The van der Waals surface area contributed by atoms with Gasteiger partial charge in [-0.05, 0) is 31.2 Å². The van der Waals surface area contributed by atoms with Crippen LogP contribution in [0.1, 0.15) is 17.3 Å². The topological polar surface area (TPSA) is 101 Å². The Kier molecular flexibility index (Phi) is 4.37. The van der Waals surface area contributed by atoms with Gasteiger partial charge in [-0.15, -0.1) is 0 Å². The molecule has 2 rings (SSSR count). The van der Waals surface area contributed by atoms with Crippen molar-refractivity contribution < 1.29 is 28.2 Å². The Bertz CT molecular complexity index is 783. The first kappa shape index (κ1) is 15.8. The Hall–Kier alpha value is -2.54. The summed E-state index contributed by atoms with van der Waals surface area (Å²) >= 11 is 0. The third-order valence-corrected chi connectivity index (χ3v) is 4.91. The van der Waals surface area contributed by atoms with Crippen LogP contribution in [0.15, 0.2) is 53.4 Å². The number of aromatic hydroxyl groups is 1. The van der Waals surface area contributed by atoms with Crippen molar-refractivity contribution in [2.24, 2.45) is 0 Å². The third kappa shape index (κ3) is 3.20. The van der Waals surface area contributed by atoms with E-state index in [1.807, 2.05) is 0 Å². The fourth-order valence-electron chi connectivity index (χ4n) is 1.82. The molecule has 1 unspecified atom stereocenters. The molecule has 2 N–H and O–H groups in total. The van der Waals surface area contributed by atoms with E-state index in [2.05, 4.69) is 0 Å². The van der Waals surface area contributed by atoms with E-state index in [1.54, 1.807) is 18.2 Å². The fourth-order valence-corrected chi connectivity index (χ4v) is 2.98. The van der Waals surface area contributed by atoms with Gasteiger partial charge in [0.05, 0.1) is 4.90 Å². The van der Waals surface area contributed by atoms with Crippen LogP contribution in [0.4, 0.5) is 0 Å². The standard InChI is InChI=1S/C15H14O6S/c1-10(22(19,20)12-5-3-2-4-6-12)21-11-7-8-13(15(17)18)14(16)9-11/h2-10,16H,1H3,(H,17,18). The minimum atomic E-state index is -3.70. The molecule has 0 spiro atoms. The van der Waals surface area contributed by atoms with E-state index in [-0.39, 0.29) is 16.2 Å². The number of aromatic carboxylic acids is 1. The molecule has 2 aromatic rings. The molecule has 0 aliphatic rings. The molecule has 2 aromatic carbocycles. The van der Waals surface area contributed by atoms with Gasteiger partial charge in [0.25, 0.3) is 0 Å². The Morgan fingerprint density at radius 3 is 2.32 bits per heavy atom. The molecule has 1 atom stereocenters. The summed E-state index contributed by atoms with van der Waals surface area (Å²) in [7, 11) is -3.70. The van der Waals surface area contributed by atoms with Gasteiger partial charge in [-0.3, -0.25) is 0 Å². The van der Waals surface area contributed by atoms with Crippen LogP contribution in [0.2, 0.25) is 0 Å². The zero-order valence-electron chi connectivity index (χ0n) is 11.6. The lowest BCUT2D eigenvalue weighted by molar-refractivity contribution is 0.0693. The summed E-state index contributed by atoms with van der Waals surface area (Å²) in [5.74, 6) is -1.71. The molecular weight excluding hydrogens is 308 g/mol. The minimum absolute atomic E-state index is 0.0644. The van der Waals surface area contributed by atoms with E-state index in [0.29, 0.717) is 0 Å². The van der Waals surface area contributed by atoms with Gasteiger partial charge in [-0.2, -0.15) is 0 Å². The molecule has 0 aromatic heterocycles. The SMILES string of the molecule is CC(Oc1ccc(C(=O)O)c(O)c1)S(=O)(=O)c1ccccc1. The molecule has 0 amide bonds. The number of phenols is 1. The van der Waals surface area contributed by atoms with Gasteiger partial charge in [0.1, 0.15) is 17.1 Å². The molecular formula is C15H14O6S. The Morgan fingerprint density at radius 1 is 1.14 bits per heavy atom. The second-order valence-electron chi connectivity index (χ2n) is 4.53. The molecule has 116 valence electrons. The third-order valence-electron chi connectivity index (χ3n) is 3.01. The highest BCUT2D eigenvalue weighted by Crippen LogP contribution is 2.26. The van der Waals surface area contributed by atoms with Crippen molar-refractivity contribution in [3.8, 4) is 11.5 Å². The van der Waals surface area contributed by atoms with E-state index in [4.69, 9.17) is 9.84 Å². The van der Waals surface area contributed by atoms with Crippen molar-refractivity contribution in [2.45, 2.75) is 17.3 Å². The molecule has 0 heterocycles. The van der Waals surface area contributed by atoms with Crippen molar-refractivity contribution in [3.05, 3.63) is 54.1 Å². The quantitative estimate of drug-likeness (QED) is 0.876. The van der Waals surface area contributed by atoms with Gasteiger partial charge in [-0.1, -0.05) is 18.2 Å².